The van der Waals surface area contributed by atoms with E-state index in [0.717, 1.165) is 4.31 Å². The fourth-order valence-corrected chi connectivity index (χ4v) is 5.25. The van der Waals surface area contributed by atoms with E-state index in [0.29, 0.717) is 33.1 Å². The first-order chi connectivity index (χ1) is 15.7. The summed E-state index contributed by atoms with van der Waals surface area (Å²) >= 11 is 6.23. The number of nitrogens with zero attached hydrogens (tertiary/aromatic N) is 1. The summed E-state index contributed by atoms with van der Waals surface area (Å²) in [6, 6.07) is 19.6. The lowest BCUT2D eigenvalue weighted by atomic mass is 9.95. The number of ether oxygens (including phenoxy) is 1. The molecule has 1 amide bonds. The minimum absolute atomic E-state index is 0.259. The number of halogens is 1. The standard InChI is InChI=1S/C24H19ClN2O5S/c1-27-20-13-10-17(25)14-19(20)21(15-6-4-3-5-7-15)22(33(27,30)31)23(28)26-18-11-8-16(9-12-18)24(29)32-2/h3-14H,1-2H3,(H,26,28). The Morgan fingerprint density at radius 3 is 2.27 bits per heavy atom. The van der Waals surface area contributed by atoms with Crippen LogP contribution in [0.25, 0.3) is 5.57 Å². The predicted molar refractivity (Wildman–Crippen MR) is 128 cm³/mol. The molecule has 1 aliphatic rings. The van der Waals surface area contributed by atoms with Crippen molar-refractivity contribution in [2.24, 2.45) is 0 Å². The molecule has 0 bridgehead atoms. The lowest BCUT2D eigenvalue weighted by Crippen LogP contribution is -2.37. The van der Waals surface area contributed by atoms with Gasteiger partial charge in [0.25, 0.3) is 15.9 Å². The van der Waals surface area contributed by atoms with Crippen molar-refractivity contribution in [3.05, 3.63) is 99.4 Å². The molecular formula is C24H19ClN2O5S. The van der Waals surface area contributed by atoms with E-state index in [1.54, 1.807) is 48.5 Å². The largest absolute Gasteiger partial charge is 0.465 e. The Morgan fingerprint density at radius 1 is 0.970 bits per heavy atom. The van der Waals surface area contributed by atoms with Crippen molar-refractivity contribution in [2.45, 2.75) is 0 Å². The summed E-state index contributed by atoms with van der Waals surface area (Å²) in [6.07, 6.45) is 0. The molecule has 1 N–H and O–H groups in total. The zero-order valence-electron chi connectivity index (χ0n) is 17.7. The van der Waals surface area contributed by atoms with Gasteiger partial charge in [0.1, 0.15) is 0 Å². The summed E-state index contributed by atoms with van der Waals surface area (Å²) in [4.78, 5) is 24.6. The van der Waals surface area contributed by atoms with Gasteiger partial charge in [-0.2, -0.15) is 0 Å². The maximum atomic E-state index is 13.5. The van der Waals surface area contributed by atoms with Gasteiger partial charge in [0, 0.05) is 28.9 Å². The molecule has 0 atom stereocenters. The first-order valence-corrected chi connectivity index (χ1v) is 11.6. The Morgan fingerprint density at radius 2 is 1.64 bits per heavy atom. The van der Waals surface area contributed by atoms with Crippen LogP contribution in [0.15, 0.2) is 77.7 Å². The number of hydrogen-bond acceptors (Lipinski definition) is 5. The number of sulfonamides is 1. The molecule has 0 spiro atoms. The molecule has 0 saturated carbocycles. The highest BCUT2D eigenvalue weighted by Crippen LogP contribution is 2.43. The average Bonchev–Trinajstić information content (AvgIpc) is 2.81. The maximum Gasteiger partial charge on any atom is 0.337 e. The van der Waals surface area contributed by atoms with Crippen LogP contribution in [0.3, 0.4) is 0 Å². The quantitative estimate of drug-likeness (QED) is 0.559. The van der Waals surface area contributed by atoms with Crippen LogP contribution >= 0.6 is 11.6 Å². The van der Waals surface area contributed by atoms with Crippen LogP contribution in [0.2, 0.25) is 5.02 Å². The molecule has 168 valence electrons. The fraction of sp³-hybridized carbons (Fsp3) is 0.0833. The van der Waals surface area contributed by atoms with Crippen LogP contribution in [-0.2, 0) is 19.6 Å². The van der Waals surface area contributed by atoms with E-state index in [2.05, 4.69) is 10.1 Å². The molecule has 0 saturated heterocycles. The van der Waals surface area contributed by atoms with E-state index in [9.17, 15) is 18.0 Å². The average molecular weight is 483 g/mol. The molecule has 3 aromatic rings. The number of methoxy groups -OCH3 is 1. The SMILES string of the molecule is COC(=O)c1ccc(NC(=O)C2=C(c3ccccc3)c3cc(Cl)ccc3N(C)S2(=O)=O)cc1. The number of nitrogens with one attached hydrogen (secondary N) is 1. The molecular weight excluding hydrogens is 464 g/mol. The fourth-order valence-electron chi connectivity index (χ4n) is 3.62. The Kier molecular flexibility index (Phi) is 5.97. The number of anilines is 2. The topological polar surface area (TPSA) is 92.8 Å². The molecule has 7 nitrogen and oxygen atoms in total. The first kappa shape index (κ1) is 22.6. The van der Waals surface area contributed by atoms with Crippen LogP contribution < -0.4 is 9.62 Å². The summed E-state index contributed by atoms with van der Waals surface area (Å²) in [5.74, 6) is -1.33. The van der Waals surface area contributed by atoms with Crippen molar-refractivity contribution in [3.63, 3.8) is 0 Å². The molecule has 4 rings (SSSR count). The number of carbonyl (C=O) groups is 2. The lowest BCUT2D eigenvalue weighted by molar-refractivity contribution is -0.112. The van der Waals surface area contributed by atoms with Crippen LogP contribution in [0.4, 0.5) is 11.4 Å². The third-order valence-electron chi connectivity index (χ3n) is 5.25. The Balaban J connectivity index is 1.88. The van der Waals surface area contributed by atoms with Gasteiger partial charge in [0.2, 0.25) is 0 Å². The summed E-state index contributed by atoms with van der Waals surface area (Å²) in [5.41, 5.74) is 2.38. The highest BCUT2D eigenvalue weighted by molar-refractivity contribution is 7.97. The van der Waals surface area contributed by atoms with Crippen LogP contribution in [0.5, 0.6) is 0 Å². The van der Waals surface area contributed by atoms with E-state index in [-0.39, 0.29) is 5.57 Å². The van der Waals surface area contributed by atoms with E-state index in [1.165, 1.54) is 38.4 Å². The first-order valence-electron chi connectivity index (χ1n) is 9.82. The molecule has 0 radical (unpaired) electrons. The molecule has 0 fully saturated rings. The zero-order chi connectivity index (χ0) is 23.8. The minimum Gasteiger partial charge on any atom is -0.465 e. The number of hydrogen-bond donors (Lipinski definition) is 1. The second kappa shape index (κ2) is 8.73. The zero-order valence-corrected chi connectivity index (χ0v) is 19.3. The second-order valence-corrected chi connectivity index (χ2v) is 9.57. The Bertz CT molecular complexity index is 1380. The highest BCUT2D eigenvalue weighted by atomic mass is 35.5. The van der Waals surface area contributed by atoms with E-state index in [1.807, 2.05) is 0 Å². The van der Waals surface area contributed by atoms with Crippen molar-refractivity contribution < 1.29 is 22.7 Å². The number of rotatable bonds is 4. The predicted octanol–water partition coefficient (Wildman–Crippen LogP) is 4.30. The number of esters is 1. The molecule has 1 aliphatic heterocycles. The van der Waals surface area contributed by atoms with Gasteiger partial charge in [-0.05, 0) is 48.0 Å². The van der Waals surface area contributed by atoms with Crippen LogP contribution in [-0.4, -0.2) is 34.5 Å². The minimum atomic E-state index is -4.19. The van der Waals surface area contributed by atoms with Gasteiger partial charge in [-0.3, -0.25) is 9.10 Å². The van der Waals surface area contributed by atoms with Crippen molar-refractivity contribution in [1.29, 1.82) is 0 Å². The van der Waals surface area contributed by atoms with Gasteiger partial charge in [-0.1, -0.05) is 41.9 Å². The summed E-state index contributed by atoms with van der Waals surface area (Å²) in [6.45, 7) is 0. The van der Waals surface area contributed by atoms with Crippen LogP contribution in [0, 0.1) is 0 Å². The summed E-state index contributed by atoms with van der Waals surface area (Å²) in [7, 11) is -1.53. The van der Waals surface area contributed by atoms with Gasteiger partial charge in [0.05, 0.1) is 18.4 Å². The van der Waals surface area contributed by atoms with E-state index >= 15 is 0 Å². The van der Waals surface area contributed by atoms with Crippen molar-refractivity contribution in [3.8, 4) is 0 Å². The molecule has 9 heteroatoms. The molecule has 33 heavy (non-hydrogen) atoms. The van der Waals surface area contributed by atoms with Crippen molar-refractivity contribution in [1.82, 2.24) is 0 Å². The number of fused-ring (bicyclic) bond motifs is 1. The molecule has 0 unspecified atom stereocenters. The normalized spacial score (nSPS) is 14.5. The summed E-state index contributed by atoms with van der Waals surface area (Å²) in [5, 5.41) is 3.04. The van der Waals surface area contributed by atoms with Crippen LogP contribution in [0.1, 0.15) is 21.5 Å². The Hall–Kier alpha value is -3.62. The lowest BCUT2D eigenvalue weighted by Gasteiger charge is -2.31. The summed E-state index contributed by atoms with van der Waals surface area (Å²) < 4.78 is 32.7. The van der Waals surface area contributed by atoms with E-state index < -0.39 is 26.8 Å². The molecule has 1 heterocycles. The second-order valence-electron chi connectivity index (χ2n) is 7.23. The molecule has 3 aromatic carbocycles. The number of carbonyl (C=O) groups excluding carboxylic acids is 2. The van der Waals surface area contributed by atoms with Crippen molar-refractivity contribution >= 4 is 50.4 Å². The van der Waals surface area contributed by atoms with Crippen molar-refractivity contribution in [2.75, 3.05) is 23.8 Å². The smallest absolute Gasteiger partial charge is 0.337 e. The highest BCUT2D eigenvalue weighted by Gasteiger charge is 2.39. The van der Waals surface area contributed by atoms with Gasteiger partial charge < -0.3 is 10.1 Å². The van der Waals surface area contributed by atoms with Gasteiger partial charge in [-0.25, -0.2) is 13.2 Å². The monoisotopic (exact) mass is 482 g/mol. The number of amides is 1. The third kappa shape index (κ3) is 4.10. The molecule has 0 aromatic heterocycles. The number of benzene rings is 3. The van der Waals surface area contributed by atoms with Gasteiger partial charge in [-0.15, -0.1) is 0 Å². The van der Waals surface area contributed by atoms with Gasteiger partial charge in [0.15, 0.2) is 4.91 Å². The Labute approximate surface area is 196 Å². The maximum absolute atomic E-state index is 13.5. The van der Waals surface area contributed by atoms with Gasteiger partial charge >= 0.3 is 5.97 Å². The van der Waals surface area contributed by atoms with E-state index in [4.69, 9.17) is 11.6 Å². The molecule has 0 aliphatic carbocycles. The third-order valence-corrected chi connectivity index (χ3v) is 7.30.